The summed E-state index contributed by atoms with van der Waals surface area (Å²) in [7, 11) is 0. The minimum absolute atomic E-state index is 0.0833. The number of carbonyl (C=O) groups excluding carboxylic acids is 4. The Bertz CT molecular complexity index is 759. The summed E-state index contributed by atoms with van der Waals surface area (Å²) in [4.78, 5) is 45.0. The number of hydrogen-bond acceptors (Lipinski definition) is 8. The zero-order valence-electron chi connectivity index (χ0n) is 20.9. The van der Waals surface area contributed by atoms with Crippen molar-refractivity contribution in [1.29, 1.82) is 0 Å². The van der Waals surface area contributed by atoms with Crippen molar-refractivity contribution in [2.45, 2.75) is 85.4 Å². The minimum Gasteiger partial charge on any atom is -0.463 e. The number of ether oxygens (including phenoxy) is 4. The first-order valence-electron chi connectivity index (χ1n) is 10.7. The van der Waals surface area contributed by atoms with Gasteiger partial charge in [-0.1, -0.05) is 13.5 Å². The van der Waals surface area contributed by atoms with Gasteiger partial charge in [-0.05, 0) is 41.0 Å². The molecule has 2 unspecified atom stereocenters. The Labute approximate surface area is 205 Å². The predicted octanol–water partition coefficient (Wildman–Crippen LogP) is 4.84. The van der Waals surface area contributed by atoms with E-state index in [1.165, 1.54) is 20.8 Å². The zero-order valence-corrected chi connectivity index (χ0v) is 20.9. The Morgan fingerprint density at radius 1 is 0.778 bits per heavy atom. The first-order chi connectivity index (χ1) is 16.1. The first kappa shape index (κ1) is 35.4. The maximum Gasteiger partial charge on any atom is 0.392 e. The second kappa shape index (κ2) is 15.3. The van der Waals surface area contributed by atoms with Crippen LogP contribution in [-0.2, 0) is 38.1 Å². The Morgan fingerprint density at radius 3 is 1.44 bits per heavy atom. The maximum atomic E-state index is 11.8. The highest BCUT2D eigenvalue weighted by Gasteiger charge is 2.32. The van der Waals surface area contributed by atoms with E-state index in [0.717, 1.165) is 0 Å². The van der Waals surface area contributed by atoms with Crippen molar-refractivity contribution in [3.63, 3.8) is 0 Å². The van der Waals surface area contributed by atoms with Gasteiger partial charge in [0.1, 0.15) is 13.2 Å². The van der Waals surface area contributed by atoms with Crippen LogP contribution in [-0.4, -0.2) is 61.7 Å². The molecular formula is C22H32F6O8. The van der Waals surface area contributed by atoms with E-state index in [-0.39, 0.29) is 5.57 Å². The van der Waals surface area contributed by atoms with Gasteiger partial charge in [0, 0.05) is 5.57 Å². The second-order valence-electron chi connectivity index (χ2n) is 8.18. The van der Waals surface area contributed by atoms with Crippen LogP contribution >= 0.6 is 0 Å². The summed E-state index contributed by atoms with van der Waals surface area (Å²) in [6, 6.07) is 0. The Balaban J connectivity index is 0. The van der Waals surface area contributed by atoms with Crippen molar-refractivity contribution in [3.05, 3.63) is 12.2 Å². The number of carbonyl (C=O) groups is 4. The van der Waals surface area contributed by atoms with Crippen LogP contribution in [0.25, 0.3) is 0 Å². The molecule has 2 atom stereocenters. The van der Waals surface area contributed by atoms with Crippen LogP contribution in [0.2, 0.25) is 0 Å². The molecule has 36 heavy (non-hydrogen) atoms. The summed E-state index contributed by atoms with van der Waals surface area (Å²) >= 11 is 0. The summed E-state index contributed by atoms with van der Waals surface area (Å²) in [5.74, 6) is -3.39. The number of alkyl halides is 6. The number of esters is 4. The molecule has 0 saturated carbocycles. The molecule has 0 heterocycles. The third-order valence-electron chi connectivity index (χ3n) is 4.28. The molecule has 0 spiro atoms. The molecule has 0 aliphatic heterocycles. The maximum absolute atomic E-state index is 11.8. The summed E-state index contributed by atoms with van der Waals surface area (Å²) in [5.41, 5.74) is -0.666. The average Bonchev–Trinajstić information content (AvgIpc) is 2.71. The van der Waals surface area contributed by atoms with E-state index in [1.54, 1.807) is 20.8 Å². The van der Waals surface area contributed by atoms with Crippen LogP contribution in [0.15, 0.2) is 12.2 Å². The first-order valence-corrected chi connectivity index (χ1v) is 10.7. The fourth-order valence-corrected chi connectivity index (χ4v) is 1.59. The van der Waals surface area contributed by atoms with Crippen molar-refractivity contribution < 1.29 is 64.5 Å². The molecule has 0 saturated heterocycles. The van der Waals surface area contributed by atoms with Crippen LogP contribution in [0.5, 0.6) is 0 Å². The molecule has 210 valence electrons. The molecule has 0 amide bonds. The van der Waals surface area contributed by atoms with Crippen molar-refractivity contribution in [2.24, 2.45) is 5.41 Å². The lowest BCUT2D eigenvalue weighted by molar-refractivity contribution is -0.177. The smallest absolute Gasteiger partial charge is 0.392 e. The van der Waals surface area contributed by atoms with Gasteiger partial charge >= 0.3 is 36.2 Å². The molecular weight excluding hydrogens is 506 g/mol. The number of hydrogen-bond donors (Lipinski definition) is 0. The van der Waals surface area contributed by atoms with E-state index in [9.17, 15) is 45.5 Å². The quantitative estimate of drug-likeness (QED) is 0.159. The summed E-state index contributed by atoms with van der Waals surface area (Å²) in [6.45, 7) is 10.6. The van der Waals surface area contributed by atoms with Gasteiger partial charge in [0.25, 0.3) is 0 Å². The molecule has 0 rings (SSSR count). The van der Waals surface area contributed by atoms with Crippen LogP contribution < -0.4 is 0 Å². The lowest BCUT2D eigenvalue weighted by atomic mass is 9.91. The SMILES string of the molecule is C=C(C)C(=O)OC(C)C(=O)OCCC(F)(F)F.CCC(C)(C)C(=O)OC(C)C(=O)OCCC(F)(F)F. The molecule has 0 aliphatic carbocycles. The highest BCUT2D eigenvalue weighted by molar-refractivity contribution is 5.89. The zero-order chi connectivity index (χ0) is 28.9. The monoisotopic (exact) mass is 538 g/mol. The topological polar surface area (TPSA) is 105 Å². The minimum atomic E-state index is -4.39. The molecule has 0 aliphatic rings. The molecule has 8 nitrogen and oxygen atoms in total. The fraction of sp³-hybridized carbons (Fsp3) is 0.727. The van der Waals surface area contributed by atoms with Crippen LogP contribution in [0.4, 0.5) is 26.3 Å². The molecule has 0 aromatic heterocycles. The third kappa shape index (κ3) is 17.6. The van der Waals surface area contributed by atoms with Gasteiger partial charge in [-0.3, -0.25) is 4.79 Å². The molecule has 0 N–H and O–H groups in total. The summed E-state index contributed by atoms with van der Waals surface area (Å²) < 4.78 is 88.8. The molecule has 0 radical (unpaired) electrons. The Morgan fingerprint density at radius 2 is 1.14 bits per heavy atom. The predicted molar refractivity (Wildman–Crippen MR) is 113 cm³/mol. The second-order valence-corrected chi connectivity index (χ2v) is 8.18. The van der Waals surface area contributed by atoms with Gasteiger partial charge in [0.05, 0.1) is 18.3 Å². The van der Waals surface area contributed by atoms with E-state index < -0.39 is 79.9 Å². The lowest BCUT2D eigenvalue weighted by Gasteiger charge is -2.22. The Hall–Kier alpha value is -2.80. The summed E-state index contributed by atoms with van der Waals surface area (Å²) in [6.07, 6.45) is -13.2. The standard InChI is InChI=1S/C12H19F3O4.C10H13F3O4/c1-5-11(3,4)10(17)19-8(2)9(16)18-7-6-12(13,14)15;1-6(2)8(14)17-7(3)9(15)16-5-4-10(11,12)13/h8H,5-7H2,1-4H3;7H,1,4-5H2,2-3H3. The highest BCUT2D eigenvalue weighted by atomic mass is 19.4. The van der Waals surface area contributed by atoms with Crippen LogP contribution in [0.3, 0.4) is 0 Å². The number of halogens is 6. The largest absolute Gasteiger partial charge is 0.463 e. The van der Waals surface area contributed by atoms with Crippen LogP contribution in [0, 0.1) is 5.41 Å². The van der Waals surface area contributed by atoms with Crippen molar-refractivity contribution >= 4 is 23.9 Å². The van der Waals surface area contributed by atoms with Gasteiger partial charge in [0.2, 0.25) is 0 Å². The summed E-state index contributed by atoms with van der Waals surface area (Å²) in [5, 5.41) is 0. The fourth-order valence-electron chi connectivity index (χ4n) is 1.59. The van der Waals surface area contributed by atoms with Crippen molar-refractivity contribution in [3.8, 4) is 0 Å². The van der Waals surface area contributed by atoms with Crippen molar-refractivity contribution in [2.75, 3.05) is 13.2 Å². The lowest BCUT2D eigenvalue weighted by Crippen LogP contribution is -2.33. The van der Waals surface area contributed by atoms with Gasteiger partial charge in [0.15, 0.2) is 12.2 Å². The van der Waals surface area contributed by atoms with Crippen LogP contribution in [0.1, 0.15) is 60.8 Å². The van der Waals surface area contributed by atoms with Gasteiger partial charge in [-0.15, -0.1) is 0 Å². The highest BCUT2D eigenvalue weighted by Crippen LogP contribution is 2.23. The molecule has 0 aromatic rings. The number of rotatable bonds is 11. The molecule has 14 heteroatoms. The van der Waals surface area contributed by atoms with E-state index in [4.69, 9.17) is 4.74 Å². The third-order valence-corrected chi connectivity index (χ3v) is 4.28. The molecule has 0 aromatic carbocycles. The normalized spacial score (nSPS) is 13.3. The van der Waals surface area contributed by atoms with Gasteiger partial charge in [-0.2, -0.15) is 26.3 Å². The Kier molecular flexibility index (Phi) is 15.1. The average molecular weight is 538 g/mol. The van der Waals surface area contributed by atoms with Gasteiger partial charge < -0.3 is 18.9 Å². The van der Waals surface area contributed by atoms with E-state index in [0.29, 0.717) is 6.42 Å². The molecule has 0 bridgehead atoms. The van der Waals surface area contributed by atoms with E-state index in [1.807, 2.05) is 0 Å². The van der Waals surface area contributed by atoms with Gasteiger partial charge in [-0.25, -0.2) is 14.4 Å². The molecule has 0 fully saturated rings. The van der Waals surface area contributed by atoms with Crippen molar-refractivity contribution in [1.82, 2.24) is 0 Å². The van der Waals surface area contributed by atoms with E-state index >= 15 is 0 Å². The van der Waals surface area contributed by atoms with E-state index in [2.05, 4.69) is 20.8 Å².